The van der Waals surface area contributed by atoms with E-state index < -0.39 is 6.04 Å². The van der Waals surface area contributed by atoms with Crippen LogP contribution in [0.15, 0.2) is 27.5 Å². The van der Waals surface area contributed by atoms with Gasteiger partial charge in [0.15, 0.2) is 11.2 Å². The Labute approximate surface area is 128 Å². The first kappa shape index (κ1) is 15.2. The van der Waals surface area contributed by atoms with E-state index in [1.165, 1.54) is 5.56 Å². The van der Waals surface area contributed by atoms with Crippen molar-refractivity contribution >= 4 is 34.6 Å². The Morgan fingerprint density at radius 3 is 2.33 bits per heavy atom. The lowest BCUT2D eigenvalue weighted by molar-refractivity contribution is -0.126. The number of nitrogens with two attached hydrogens (primary N) is 1. The van der Waals surface area contributed by atoms with Gasteiger partial charge >= 0.3 is 0 Å². The third-order valence-electron chi connectivity index (χ3n) is 3.21. The highest BCUT2D eigenvalue weighted by atomic mass is 32.1. The van der Waals surface area contributed by atoms with Gasteiger partial charge in [0.25, 0.3) is 5.91 Å². The minimum absolute atomic E-state index is 0.0836. The summed E-state index contributed by atoms with van der Waals surface area (Å²) in [5.41, 5.74) is 9.94. The molecule has 0 aliphatic carbocycles. The molecular formula is C14H17N5OS. The van der Waals surface area contributed by atoms with E-state index in [4.69, 9.17) is 18.0 Å². The summed E-state index contributed by atoms with van der Waals surface area (Å²) in [6, 6.07) is 3.30. The third-order valence-corrected chi connectivity index (χ3v) is 3.39. The average molecular weight is 303 g/mol. The first-order valence-electron chi connectivity index (χ1n) is 6.48. The normalized spacial score (nSPS) is 18.5. The monoisotopic (exact) mass is 303 g/mol. The molecule has 0 spiro atoms. The highest BCUT2D eigenvalue weighted by Gasteiger charge is 2.35. The molecule has 1 atom stereocenters. The van der Waals surface area contributed by atoms with Crippen molar-refractivity contribution in [1.82, 2.24) is 5.01 Å². The summed E-state index contributed by atoms with van der Waals surface area (Å²) >= 11 is 4.78. The Hall–Kier alpha value is -2.15. The van der Waals surface area contributed by atoms with Crippen molar-refractivity contribution in [3.05, 3.63) is 28.8 Å². The first-order chi connectivity index (χ1) is 9.81. The van der Waals surface area contributed by atoms with Crippen molar-refractivity contribution in [2.75, 3.05) is 0 Å². The molecular weight excluding hydrogens is 286 g/mol. The van der Waals surface area contributed by atoms with Gasteiger partial charge in [-0.1, -0.05) is 17.7 Å². The predicted octanol–water partition coefficient (Wildman–Crippen LogP) is 2.53. The van der Waals surface area contributed by atoms with Crippen LogP contribution in [0.4, 0.5) is 5.69 Å². The zero-order chi connectivity index (χ0) is 15.7. The van der Waals surface area contributed by atoms with Crippen molar-refractivity contribution < 1.29 is 4.79 Å². The number of nitrogens with zero attached hydrogens (tertiary/aromatic N) is 4. The average Bonchev–Trinajstić information content (AvgIpc) is 2.64. The van der Waals surface area contributed by atoms with Crippen molar-refractivity contribution in [2.45, 2.75) is 33.7 Å². The van der Waals surface area contributed by atoms with Crippen LogP contribution in [0.3, 0.4) is 0 Å². The number of azo groups is 1. The number of hydrogen-bond acceptors (Lipinski definition) is 5. The maximum absolute atomic E-state index is 12.1. The minimum Gasteiger partial charge on any atom is -0.374 e. The number of benzene rings is 1. The first-order valence-corrected chi connectivity index (χ1v) is 6.89. The Bertz CT molecular complexity index is 657. The molecule has 2 N–H and O–H groups in total. The highest BCUT2D eigenvalue weighted by Crippen LogP contribution is 2.26. The molecule has 1 aliphatic heterocycles. The second kappa shape index (κ2) is 5.69. The molecule has 0 radical (unpaired) electrons. The van der Waals surface area contributed by atoms with Crippen LogP contribution < -0.4 is 5.73 Å². The van der Waals surface area contributed by atoms with E-state index in [0.29, 0.717) is 5.71 Å². The fourth-order valence-electron chi connectivity index (χ4n) is 2.29. The molecule has 0 saturated heterocycles. The summed E-state index contributed by atoms with van der Waals surface area (Å²) in [6.07, 6.45) is 0. The maximum atomic E-state index is 12.1. The Morgan fingerprint density at radius 1 is 1.29 bits per heavy atom. The fraction of sp³-hybridized carbons (Fsp3) is 0.357. The Kier molecular flexibility index (Phi) is 4.13. The van der Waals surface area contributed by atoms with E-state index in [1.807, 2.05) is 32.9 Å². The molecule has 7 heteroatoms. The van der Waals surface area contributed by atoms with Gasteiger partial charge in [-0.25, -0.2) is 0 Å². The van der Waals surface area contributed by atoms with Gasteiger partial charge in [-0.3, -0.25) is 4.79 Å². The van der Waals surface area contributed by atoms with E-state index in [9.17, 15) is 4.79 Å². The van der Waals surface area contributed by atoms with Gasteiger partial charge in [0.2, 0.25) is 0 Å². The molecule has 1 aliphatic rings. The van der Waals surface area contributed by atoms with Crippen LogP contribution >= 0.6 is 12.2 Å². The third kappa shape index (κ3) is 2.97. The summed E-state index contributed by atoms with van der Waals surface area (Å²) in [5.74, 6) is -0.369. The van der Waals surface area contributed by atoms with Crippen LogP contribution in [0, 0.1) is 20.8 Å². The van der Waals surface area contributed by atoms with Crippen molar-refractivity contribution in [1.29, 1.82) is 0 Å². The molecule has 21 heavy (non-hydrogen) atoms. The van der Waals surface area contributed by atoms with E-state index in [2.05, 4.69) is 15.3 Å². The van der Waals surface area contributed by atoms with Crippen molar-refractivity contribution in [3.8, 4) is 0 Å². The molecule has 0 saturated carbocycles. The van der Waals surface area contributed by atoms with Gasteiger partial charge in [-0.05, 0) is 51.0 Å². The quantitative estimate of drug-likeness (QED) is 0.673. The van der Waals surface area contributed by atoms with E-state index in [-0.39, 0.29) is 11.0 Å². The molecule has 0 fully saturated rings. The molecule has 1 heterocycles. The van der Waals surface area contributed by atoms with Gasteiger partial charge in [0, 0.05) is 0 Å². The smallest absolute Gasteiger partial charge is 0.282 e. The SMILES string of the molecule is CC1=NN(C(N)=S)C(=O)[C@H]1N=Nc1c(C)cc(C)cc1C. The summed E-state index contributed by atoms with van der Waals surface area (Å²) in [7, 11) is 0. The zero-order valence-corrected chi connectivity index (χ0v) is 13.2. The molecule has 2 rings (SSSR count). The second-order valence-electron chi connectivity index (χ2n) is 5.09. The molecule has 1 aromatic carbocycles. The number of aryl methyl sites for hydroxylation is 3. The zero-order valence-electron chi connectivity index (χ0n) is 12.4. The van der Waals surface area contributed by atoms with Crippen LogP contribution in [0.1, 0.15) is 23.6 Å². The molecule has 0 unspecified atom stereocenters. The number of carbonyl (C=O) groups excluding carboxylic acids is 1. The van der Waals surface area contributed by atoms with E-state index in [1.54, 1.807) is 6.92 Å². The number of rotatable bonds is 2. The predicted molar refractivity (Wildman–Crippen MR) is 85.7 cm³/mol. The lowest BCUT2D eigenvalue weighted by atomic mass is 10.1. The van der Waals surface area contributed by atoms with Gasteiger partial charge in [-0.15, -0.1) is 0 Å². The molecule has 1 aromatic rings. The summed E-state index contributed by atoms with van der Waals surface area (Å²) < 4.78 is 0. The number of hydrazone groups is 1. The lowest BCUT2D eigenvalue weighted by Crippen LogP contribution is -2.37. The van der Waals surface area contributed by atoms with Gasteiger partial charge in [0.05, 0.1) is 11.4 Å². The van der Waals surface area contributed by atoms with Crippen LogP contribution in [-0.2, 0) is 4.79 Å². The molecule has 0 bridgehead atoms. The maximum Gasteiger partial charge on any atom is 0.282 e. The molecule has 110 valence electrons. The number of amides is 1. The molecule has 6 nitrogen and oxygen atoms in total. The largest absolute Gasteiger partial charge is 0.374 e. The summed E-state index contributed by atoms with van der Waals surface area (Å²) in [4.78, 5) is 12.1. The van der Waals surface area contributed by atoms with Crippen molar-refractivity contribution in [2.24, 2.45) is 21.1 Å². The van der Waals surface area contributed by atoms with Gasteiger partial charge in [-0.2, -0.15) is 20.3 Å². The Morgan fingerprint density at radius 2 is 1.86 bits per heavy atom. The van der Waals surface area contributed by atoms with Crippen LogP contribution in [0.25, 0.3) is 0 Å². The number of thiocarbonyl (C=S) groups is 1. The standard InChI is InChI=1S/C14H17N5OS/c1-7-5-8(2)11(9(3)6-7)16-17-12-10(4)18-19(13(12)20)14(15)21/h5-6,12H,1-4H3,(H2,15,21)/t12-/m0/s1. The number of carbonyl (C=O) groups is 1. The highest BCUT2D eigenvalue weighted by molar-refractivity contribution is 7.80. The van der Waals surface area contributed by atoms with Crippen molar-refractivity contribution in [3.63, 3.8) is 0 Å². The summed E-state index contributed by atoms with van der Waals surface area (Å²) in [5, 5.41) is 13.3. The van der Waals surface area contributed by atoms with Crippen LogP contribution in [-0.4, -0.2) is 27.8 Å². The van der Waals surface area contributed by atoms with E-state index >= 15 is 0 Å². The van der Waals surface area contributed by atoms with Crippen LogP contribution in [0.5, 0.6) is 0 Å². The lowest BCUT2D eigenvalue weighted by Gasteiger charge is -2.09. The molecule has 0 aromatic heterocycles. The van der Waals surface area contributed by atoms with Gasteiger partial charge in [0.1, 0.15) is 0 Å². The minimum atomic E-state index is -0.758. The topological polar surface area (TPSA) is 83.4 Å². The summed E-state index contributed by atoms with van der Waals surface area (Å²) in [6.45, 7) is 7.66. The fourth-order valence-corrected chi connectivity index (χ4v) is 2.42. The second-order valence-corrected chi connectivity index (χ2v) is 5.51. The van der Waals surface area contributed by atoms with E-state index in [0.717, 1.165) is 21.8 Å². The van der Waals surface area contributed by atoms with Gasteiger partial charge < -0.3 is 5.73 Å². The Balaban J connectivity index is 2.29. The molecule has 1 amide bonds. The van der Waals surface area contributed by atoms with Crippen LogP contribution in [0.2, 0.25) is 0 Å². The number of hydrogen-bond donors (Lipinski definition) is 1.